The van der Waals surface area contributed by atoms with Crippen molar-refractivity contribution in [1.82, 2.24) is 9.55 Å². The highest BCUT2D eigenvalue weighted by Gasteiger charge is 2.14. The van der Waals surface area contributed by atoms with Crippen molar-refractivity contribution in [2.24, 2.45) is 0 Å². The molecule has 0 atom stereocenters. The van der Waals surface area contributed by atoms with Crippen molar-refractivity contribution in [3.05, 3.63) is 41.5 Å². The molecule has 6 heteroatoms. The summed E-state index contributed by atoms with van der Waals surface area (Å²) in [7, 11) is 0. The Labute approximate surface area is 102 Å². The van der Waals surface area contributed by atoms with Crippen LogP contribution in [0.5, 0.6) is 0 Å². The lowest BCUT2D eigenvalue weighted by atomic mass is 10.3. The van der Waals surface area contributed by atoms with Gasteiger partial charge in [0.2, 0.25) is 5.95 Å². The van der Waals surface area contributed by atoms with E-state index < -0.39 is 17.5 Å². The van der Waals surface area contributed by atoms with Crippen molar-refractivity contribution in [3.8, 4) is 5.69 Å². The molecule has 0 aliphatic carbocycles. The number of benzene rings is 1. The molecular formula is C12H12F3N3. The second-order valence-electron chi connectivity index (χ2n) is 3.82. The van der Waals surface area contributed by atoms with E-state index in [-0.39, 0.29) is 5.69 Å². The first-order chi connectivity index (χ1) is 8.52. The molecule has 0 radical (unpaired) electrons. The van der Waals surface area contributed by atoms with E-state index in [0.717, 1.165) is 6.07 Å². The van der Waals surface area contributed by atoms with Crippen molar-refractivity contribution < 1.29 is 13.2 Å². The molecule has 1 aromatic carbocycles. The lowest BCUT2D eigenvalue weighted by Gasteiger charge is -2.09. The average molecular weight is 255 g/mol. The molecule has 1 aromatic heterocycles. The molecule has 0 spiro atoms. The van der Waals surface area contributed by atoms with E-state index in [1.165, 1.54) is 4.57 Å². The van der Waals surface area contributed by atoms with Gasteiger partial charge in [-0.25, -0.2) is 18.2 Å². The van der Waals surface area contributed by atoms with E-state index in [0.29, 0.717) is 24.3 Å². The lowest BCUT2D eigenvalue weighted by molar-refractivity contribution is 0.493. The minimum absolute atomic E-state index is 0.0783. The van der Waals surface area contributed by atoms with E-state index in [2.05, 4.69) is 10.3 Å². The van der Waals surface area contributed by atoms with Crippen LogP contribution in [-0.4, -0.2) is 16.1 Å². The van der Waals surface area contributed by atoms with E-state index in [9.17, 15) is 13.2 Å². The maximum atomic E-state index is 13.7. The summed E-state index contributed by atoms with van der Waals surface area (Å²) in [4.78, 5) is 4.14. The Bertz CT molecular complexity index is 578. The number of hydrogen-bond donors (Lipinski definition) is 1. The standard InChI is InChI=1S/C12H12F3N3/c1-3-16-12-17-7(2)6-18(12)11-5-9(14)8(13)4-10(11)15/h4-6H,3H2,1-2H3,(H,16,17). The Morgan fingerprint density at radius 2 is 1.83 bits per heavy atom. The molecule has 0 unspecified atom stereocenters. The first-order valence-corrected chi connectivity index (χ1v) is 5.47. The maximum absolute atomic E-state index is 13.7. The van der Waals surface area contributed by atoms with Gasteiger partial charge in [-0.2, -0.15) is 0 Å². The summed E-state index contributed by atoms with van der Waals surface area (Å²) in [5.41, 5.74) is 0.570. The molecule has 3 nitrogen and oxygen atoms in total. The minimum atomic E-state index is -1.21. The predicted molar refractivity (Wildman–Crippen MR) is 62.3 cm³/mol. The van der Waals surface area contributed by atoms with Crippen LogP contribution in [0.4, 0.5) is 19.1 Å². The van der Waals surface area contributed by atoms with Crippen LogP contribution >= 0.6 is 0 Å². The summed E-state index contributed by atoms with van der Waals surface area (Å²) in [6, 6.07) is 1.34. The highest BCUT2D eigenvalue weighted by molar-refractivity contribution is 5.44. The SMILES string of the molecule is CCNc1nc(C)cn1-c1cc(F)c(F)cc1F. The van der Waals surface area contributed by atoms with Gasteiger partial charge in [0.25, 0.3) is 0 Å². The highest BCUT2D eigenvalue weighted by atomic mass is 19.2. The van der Waals surface area contributed by atoms with Crippen LogP contribution in [0.3, 0.4) is 0 Å². The molecule has 2 aromatic rings. The summed E-state index contributed by atoms with van der Waals surface area (Å²) >= 11 is 0. The Hall–Kier alpha value is -1.98. The van der Waals surface area contributed by atoms with Gasteiger partial charge in [-0.1, -0.05) is 0 Å². The van der Waals surface area contributed by atoms with Gasteiger partial charge in [-0.3, -0.25) is 4.57 Å². The number of rotatable bonds is 3. The number of nitrogens with zero attached hydrogens (tertiary/aromatic N) is 2. The number of anilines is 1. The molecule has 0 bridgehead atoms. The van der Waals surface area contributed by atoms with Gasteiger partial charge in [-0.15, -0.1) is 0 Å². The van der Waals surface area contributed by atoms with Gasteiger partial charge in [0, 0.05) is 24.9 Å². The molecule has 1 N–H and O–H groups in total. The molecule has 0 fully saturated rings. The van der Waals surface area contributed by atoms with Crippen LogP contribution in [0.25, 0.3) is 5.69 Å². The second-order valence-corrected chi connectivity index (χ2v) is 3.82. The van der Waals surface area contributed by atoms with Crippen molar-refractivity contribution in [1.29, 1.82) is 0 Å². The molecule has 0 aliphatic rings. The average Bonchev–Trinajstić information content (AvgIpc) is 2.65. The van der Waals surface area contributed by atoms with Crippen LogP contribution in [-0.2, 0) is 0 Å². The third-order valence-corrected chi connectivity index (χ3v) is 2.41. The molecule has 0 aliphatic heterocycles. The molecule has 0 amide bonds. The van der Waals surface area contributed by atoms with Gasteiger partial charge in [0.05, 0.1) is 11.4 Å². The van der Waals surface area contributed by atoms with E-state index in [1.54, 1.807) is 13.1 Å². The first kappa shape index (κ1) is 12.5. The number of imidazole rings is 1. The van der Waals surface area contributed by atoms with E-state index in [1.807, 2.05) is 6.92 Å². The number of aryl methyl sites for hydroxylation is 1. The minimum Gasteiger partial charge on any atom is -0.356 e. The van der Waals surface area contributed by atoms with Crippen molar-refractivity contribution in [3.63, 3.8) is 0 Å². The normalized spacial score (nSPS) is 10.7. The molecule has 0 saturated carbocycles. The molecule has 18 heavy (non-hydrogen) atoms. The van der Waals surface area contributed by atoms with Gasteiger partial charge in [0.1, 0.15) is 5.82 Å². The van der Waals surface area contributed by atoms with Gasteiger partial charge >= 0.3 is 0 Å². The summed E-state index contributed by atoms with van der Waals surface area (Å²) < 4.78 is 41.1. The topological polar surface area (TPSA) is 29.9 Å². The van der Waals surface area contributed by atoms with Crippen molar-refractivity contribution >= 4 is 5.95 Å². The fraction of sp³-hybridized carbons (Fsp3) is 0.250. The molecule has 1 heterocycles. The number of halogens is 3. The molecule has 96 valence electrons. The fourth-order valence-corrected chi connectivity index (χ4v) is 1.66. The third-order valence-electron chi connectivity index (χ3n) is 2.41. The second kappa shape index (κ2) is 4.72. The fourth-order valence-electron chi connectivity index (χ4n) is 1.66. The zero-order valence-electron chi connectivity index (χ0n) is 9.97. The smallest absolute Gasteiger partial charge is 0.207 e. The number of aromatic nitrogens is 2. The third kappa shape index (κ3) is 2.18. The number of hydrogen-bond acceptors (Lipinski definition) is 2. The van der Waals surface area contributed by atoms with E-state index >= 15 is 0 Å². The Morgan fingerprint density at radius 3 is 2.50 bits per heavy atom. The Balaban J connectivity index is 2.57. The van der Waals surface area contributed by atoms with Crippen molar-refractivity contribution in [2.75, 3.05) is 11.9 Å². The molecular weight excluding hydrogens is 243 g/mol. The van der Waals surface area contributed by atoms with Crippen LogP contribution in [0.15, 0.2) is 18.3 Å². The summed E-state index contributed by atoms with van der Waals surface area (Å²) in [6.45, 7) is 4.17. The van der Waals surface area contributed by atoms with E-state index in [4.69, 9.17) is 0 Å². The first-order valence-electron chi connectivity index (χ1n) is 5.47. The molecule has 2 rings (SSSR count). The lowest BCUT2D eigenvalue weighted by Crippen LogP contribution is -2.07. The Kier molecular flexibility index (Phi) is 3.27. The van der Waals surface area contributed by atoms with Crippen LogP contribution in [0.1, 0.15) is 12.6 Å². The largest absolute Gasteiger partial charge is 0.356 e. The van der Waals surface area contributed by atoms with Crippen LogP contribution < -0.4 is 5.32 Å². The summed E-state index contributed by atoms with van der Waals surface area (Å²) in [6.07, 6.45) is 1.55. The van der Waals surface area contributed by atoms with Crippen LogP contribution in [0.2, 0.25) is 0 Å². The van der Waals surface area contributed by atoms with Crippen LogP contribution in [0, 0.1) is 24.4 Å². The van der Waals surface area contributed by atoms with Gasteiger partial charge in [0.15, 0.2) is 11.6 Å². The zero-order valence-corrected chi connectivity index (χ0v) is 9.97. The monoisotopic (exact) mass is 255 g/mol. The van der Waals surface area contributed by atoms with Gasteiger partial charge < -0.3 is 5.32 Å². The summed E-state index contributed by atoms with van der Waals surface area (Å²) in [5, 5.41) is 2.93. The predicted octanol–water partition coefficient (Wildman–Crippen LogP) is 3.03. The highest BCUT2D eigenvalue weighted by Crippen LogP contribution is 2.22. The van der Waals surface area contributed by atoms with Crippen molar-refractivity contribution in [2.45, 2.75) is 13.8 Å². The summed E-state index contributed by atoms with van der Waals surface area (Å²) in [5.74, 6) is -2.76. The quantitative estimate of drug-likeness (QED) is 0.854. The Morgan fingerprint density at radius 1 is 1.17 bits per heavy atom. The molecule has 0 saturated heterocycles. The maximum Gasteiger partial charge on any atom is 0.207 e. The number of nitrogens with one attached hydrogen (secondary N) is 1. The zero-order chi connectivity index (χ0) is 13.3. The van der Waals surface area contributed by atoms with Gasteiger partial charge in [-0.05, 0) is 13.8 Å².